The van der Waals surface area contributed by atoms with Gasteiger partial charge >= 0.3 is 6.36 Å². The van der Waals surface area contributed by atoms with Gasteiger partial charge in [-0.25, -0.2) is 8.78 Å². The maximum Gasteiger partial charge on any atom is 0.573 e. The minimum Gasteiger partial charge on any atom is -0.420 e. The third kappa shape index (κ3) is 7.91. The lowest BCUT2D eigenvalue weighted by molar-refractivity contribution is -0.274. The van der Waals surface area contributed by atoms with E-state index in [0.29, 0.717) is 49.0 Å². The highest BCUT2D eigenvalue weighted by atomic mass is 19.4. The summed E-state index contributed by atoms with van der Waals surface area (Å²) in [5, 5.41) is 9.40. The van der Waals surface area contributed by atoms with Crippen LogP contribution in [0.1, 0.15) is 23.2 Å². The number of carbonyl (C=O) groups is 1. The molecular formula is C32H31F5N6O4. The van der Waals surface area contributed by atoms with E-state index >= 15 is 0 Å². The first kappa shape index (κ1) is 32.0. The van der Waals surface area contributed by atoms with Crippen molar-refractivity contribution in [1.29, 1.82) is 0 Å². The molecule has 2 aliphatic heterocycles. The van der Waals surface area contributed by atoms with Crippen LogP contribution in [0.3, 0.4) is 0 Å². The van der Waals surface area contributed by atoms with Crippen molar-refractivity contribution in [2.24, 2.45) is 11.8 Å². The number of carbonyl (C=O) groups excluding carboxylic acids is 1. The van der Waals surface area contributed by atoms with Gasteiger partial charge in [0.1, 0.15) is 16.8 Å². The van der Waals surface area contributed by atoms with E-state index in [1.165, 1.54) is 41.3 Å². The van der Waals surface area contributed by atoms with E-state index in [2.05, 4.69) is 30.7 Å². The van der Waals surface area contributed by atoms with Crippen molar-refractivity contribution >= 4 is 40.1 Å². The fourth-order valence-corrected chi connectivity index (χ4v) is 5.55. The molecule has 0 spiro atoms. The number of likely N-dealkylation sites (tertiary alicyclic amines) is 1. The minimum atomic E-state index is -4.88. The summed E-state index contributed by atoms with van der Waals surface area (Å²) in [6.07, 6.45) is -3.08. The number of amides is 1. The van der Waals surface area contributed by atoms with Gasteiger partial charge in [-0.05, 0) is 74.2 Å². The van der Waals surface area contributed by atoms with E-state index in [4.69, 9.17) is 8.83 Å². The zero-order valence-electron chi connectivity index (χ0n) is 24.9. The second kappa shape index (κ2) is 13.8. The molecule has 2 fully saturated rings. The van der Waals surface area contributed by atoms with Crippen LogP contribution >= 0.6 is 0 Å². The third-order valence-corrected chi connectivity index (χ3v) is 7.90. The van der Waals surface area contributed by atoms with Crippen LogP contribution in [0.5, 0.6) is 5.75 Å². The Hall–Kier alpha value is -4.92. The molecule has 3 aromatic carbocycles. The van der Waals surface area contributed by atoms with Gasteiger partial charge in [-0.1, -0.05) is 24.3 Å². The molecule has 0 unspecified atom stereocenters. The van der Waals surface area contributed by atoms with Crippen LogP contribution < -0.4 is 20.7 Å². The van der Waals surface area contributed by atoms with E-state index in [9.17, 15) is 26.7 Å². The molecule has 0 bridgehead atoms. The minimum absolute atomic E-state index is 0.0319. The van der Waals surface area contributed by atoms with Crippen LogP contribution in [0.2, 0.25) is 0 Å². The standard InChI is InChI=1S/C20H17F4N3O3.C12H14FN3O/c21-14-5-3-6-15-17(14)29-19(26-15)25-10-12-8-9-27(11-12)18(28)13-4-1-2-7-16(13)30-20(22,23)24;13-9-2-1-3-10-11(9)17-12(16-10)15-7-8-4-5-14-6-8/h1-7,12H,8-11H2,(H,25,26);1-3,8,14H,4-7H2,(H,15,16)/t12-;8-/m01/s1. The Labute approximate surface area is 265 Å². The second-order valence-corrected chi connectivity index (χ2v) is 11.3. The zero-order valence-corrected chi connectivity index (χ0v) is 24.9. The Morgan fingerprint density at radius 2 is 1.49 bits per heavy atom. The third-order valence-electron chi connectivity index (χ3n) is 7.90. The van der Waals surface area contributed by atoms with Crippen LogP contribution in [0, 0.1) is 23.5 Å². The monoisotopic (exact) mass is 658 g/mol. The average molecular weight is 659 g/mol. The molecule has 1 amide bonds. The van der Waals surface area contributed by atoms with Gasteiger partial charge in [0.25, 0.3) is 17.9 Å². The summed E-state index contributed by atoms with van der Waals surface area (Å²) in [6.45, 7) is 4.05. The van der Waals surface area contributed by atoms with Crippen molar-refractivity contribution < 1.29 is 40.3 Å². The van der Waals surface area contributed by atoms with Gasteiger partial charge in [0.05, 0.1) is 5.56 Å². The van der Waals surface area contributed by atoms with Crippen molar-refractivity contribution in [3.05, 3.63) is 77.9 Å². The van der Waals surface area contributed by atoms with Crippen molar-refractivity contribution in [3.8, 4) is 5.75 Å². The van der Waals surface area contributed by atoms with Gasteiger partial charge in [-0.2, -0.15) is 9.97 Å². The number of nitrogens with one attached hydrogen (secondary N) is 3. The molecule has 47 heavy (non-hydrogen) atoms. The molecule has 2 atom stereocenters. The molecule has 2 saturated heterocycles. The van der Waals surface area contributed by atoms with Gasteiger partial charge in [-0.3, -0.25) is 4.79 Å². The van der Waals surface area contributed by atoms with Gasteiger partial charge in [0.15, 0.2) is 22.8 Å². The number of hydrogen-bond acceptors (Lipinski definition) is 9. The smallest absolute Gasteiger partial charge is 0.420 e. The lowest BCUT2D eigenvalue weighted by atomic mass is 10.1. The summed E-state index contributed by atoms with van der Waals surface area (Å²) in [4.78, 5) is 22.6. The highest BCUT2D eigenvalue weighted by Gasteiger charge is 2.34. The number of para-hydroxylation sites is 3. The molecule has 10 nitrogen and oxygen atoms in total. The van der Waals surface area contributed by atoms with E-state index in [1.807, 2.05) is 0 Å². The van der Waals surface area contributed by atoms with Gasteiger partial charge in [-0.15, -0.1) is 13.2 Å². The Morgan fingerprint density at radius 3 is 2.06 bits per heavy atom. The van der Waals surface area contributed by atoms with Crippen LogP contribution in [0.25, 0.3) is 22.2 Å². The molecule has 248 valence electrons. The van der Waals surface area contributed by atoms with E-state index in [0.717, 1.165) is 32.1 Å². The summed E-state index contributed by atoms with van der Waals surface area (Å²) in [7, 11) is 0. The first-order valence-electron chi connectivity index (χ1n) is 15.1. The fourth-order valence-electron chi connectivity index (χ4n) is 5.55. The Bertz CT molecular complexity index is 1840. The molecule has 5 aromatic rings. The van der Waals surface area contributed by atoms with Crippen LogP contribution in [0.4, 0.5) is 34.0 Å². The number of benzene rings is 3. The predicted octanol–water partition coefficient (Wildman–Crippen LogP) is 6.43. The van der Waals surface area contributed by atoms with Crippen LogP contribution in [-0.4, -0.2) is 66.4 Å². The van der Waals surface area contributed by atoms with E-state index in [-0.39, 0.29) is 34.5 Å². The predicted molar refractivity (Wildman–Crippen MR) is 163 cm³/mol. The van der Waals surface area contributed by atoms with Crippen LogP contribution in [0.15, 0.2) is 69.5 Å². The van der Waals surface area contributed by atoms with E-state index < -0.39 is 23.8 Å². The molecular weight excluding hydrogens is 627 g/mol. The topological polar surface area (TPSA) is 118 Å². The van der Waals surface area contributed by atoms with Crippen molar-refractivity contribution in [2.75, 3.05) is 49.9 Å². The molecule has 0 aliphatic carbocycles. The summed E-state index contributed by atoms with van der Waals surface area (Å²) in [5.74, 6) is -1.30. The van der Waals surface area contributed by atoms with Gasteiger partial charge in [0, 0.05) is 26.2 Å². The number of fused-ring (bicyclic) bond motifs is 2. The molecule has 0 radical (unpaired) electrons. The number of aromatic nitrogens is 2. The SMILES string of the molecule is Fc1cccc2nc(NC[C@@H]3CCNC3)oc12.O=C(c1ccccc1OC(F)(F)F)N1CC[C@@H](CNc2nc3cccc(F)c3o2)C1. The fraction of sp³-hybridized carbons (Fsp3) is 0.344. The normalized spacial score (nSPS) is 17.9. The number of anilines is 2. The maximum absolute atomic E-state index is 13.7. The van der Waals surface area contributed by atoms with Crippen molar-refractivity contribution in [1.82, 2.24) is 20.2 Å². The Kier molecular flexibility index (Phi) is 9.43. The number of halogens is 5. The summed E-state index contributed by atoms with van der Waals surface area (Å²) in [5.41, 5.74) is 1.08. The first-order valence-corrected chi connectivity index (χ1v) is 15.1. The second-order valence-electron chi connectivity index (χ2n) is 11.3. The lowest BCUT2D eigenvalue weighted by Crippen LogP contribution is -2.30. The molecule has 0 saturated carbocycles. The molecule has 7 rings (SSSR count). The highest BCUT2D eigenvalue weighted by molar-refractivity contribution is 5.97. The summed E-state index contributed by atoms with van der Waals surface area (Å²) < 4.78 is 79.5. The zero-order chi connectivity index (χ0) is 33.0. The summed E-state index contributed by atoms with van der Waals surface area (Å²) in [6, 6.07) is 15.0. The van der Waals surface area contributed by atoms with E-state index in [1.54, 1.807) is 18.2 Å². The Morgan fingerprint density at radius 1 is 0.872 bits per heavy atom. The Balaban J connectivity index is 0.000000191. The summed E-state index contributed by atoms with van der Waals surface area (Å²) >= 11 is 0. The lowest BCUT2D eigenvalue weighted by Gasteiger charge is -2.19. The molecule has 4 heterocycles. The average Bonchev–Trinajstić information content (AvgIpc) is 3.86. The van der Waals surface area contributed by atoms with Crippen LogP contribution in [-0.2, 0) is 0 Å². The quantitative estimate of drug-likeness (QED) is 0.162. The number of hydrogen-bond donors (Lipinski definition) is 3. The highest BCUT2D eigenvalue weighted by Crippen LogP contribution is 2.29. The largest absolute Gasteiger partial charge is 0.573 e. The number of oxazole rings is 2. The number of ether oxygens (including phenoxy) is 1. The molecule has 15 heteroatoms. The number of alkyl halides is 3. The van der Waals surface area contributed by atoms with Gasteiger partial charge in [0.2, 0.25) is 0 Å². The number of rotatable bonds is 8. The molecule has 3 N–H and O–H groups in total. The maximum atomic E-state index is 13.7. The van der Waals surface area contributed by atoms with Crippen molar-refractivity contribution in [3.63, 3.8) is 0 Å². The molecule has 2 aromatic heterocycles. The molecule has 2 aliphatic rings. The van der Waals surface area contributed by atoms with Crippen molar-refractivity contribution in [2.45, 2.75) is 19.2 Å². The van der Waals surface area contributed by atoms with Gasteiger partial charge < -0.3 is 34.4 Å². The first-order chi connectivity index (χ1) is 22.6. The number of nitrogens with zero attached hydrogens (tertiary/aromatic N) is 3.